The van der Waals surface area contributed by atoms with Crippen molar-refractivity contribution in [1.29, 1.82) is 5.26 Å². The van der Waals surface area contributed by atoms with E-state index < -0.39 is 6.17 Å². The van der Waals surface area contributed by atoms with E-state index in [1.54, 1.807) is 0 Å². The zero-order valence-electron chi connectivity index (χ0n) is 20.1. The van der Waals surface area contributed by atoms with Gasteiger partial charge in [0.25, 0.3) is 0 Å². The molecule has 0 radical (unpaired) electrons. The number of ether oxygens (including phenoxy) is 1. The van der Waals surface area contributed by atoms with Crippen molar-refractivity contribution in [3.05, 3.63) is 83.1 Å². The number of hydrogen-bond donors (Lipinski definition) is 0. The summed E-state index contributed by atoms with van der Waals surface area (Å²) < 4.78 is 22.7. The van der Waals surface area contributed by atoms with Crippen LogP contribution in [-0.2, 0) is 6.61 Å². The first-order chi connectivity index (χ1) is 16.5. The third-order valence-corrected chi connectivity index (χ3v) is 7.20. The van der Waals surface area contributed by atoms with Crippen LogP contribution in [0, 0.1) is 17.2 Å². The van der Waals surface area contributed by atoms with Crippen molar-refractivity contribution in [3.63, 3.8) is 0 Å². The Morgan fingerprint density at radius 2 is 1.91 bits per heavy atom. The molecule has 4 heteroatoms. The van der Waals surface area contributed by atoms with Crippen molar-refractivity contribution < 1.29 is 9.13 Å². The lowest BCUT2D eigenvalue weighted by Crippen LogP contribution is -2.22. The molecule has 0 amide bonds. The van der Waals surface area contributed by atoms with Gasteiger partial charge in [0, 0.05) is 29.1 Å². The van der Waals surface area contributed by atoms with Gasteiger partial charge < -0.3 is 9.30 Å². The molecule has 34 heavy (non-hydrogen) atoms. The number of fused-ring (bicyclic) bond motifs is 1. The minimum absolute atomic E-state index is 0.129. The van der Waals surface area contributed by atoms with Gasteiger partial charge in [-0.2, -0.15) is 5.26 Å². The van der Waals surface area contributed by atoms with E-state index in [4.69, 9.17) is 4.74 Å². The Hall–Kier alpha value is -3.32. The fourth-order valence-corrected chi connectivity index (χ4v) is 5.33. The fourth-order valence-electron chi connectivity index (χ4n) is 5.33. The molecule has 5 rings (SSSR count). The largest absolute Gasteiger partial charge is 0.489 e. The smallest absolute Gasteiger partial charge is 0.125 e. The number of alkyl halides is 1. The maximum absolute atomic E-state index is 14.2. The summed E-state index contributed by atoms with van der Waals surface area (Å²) in [7, 11) is 0. The molecule has 0 aliphatic heterocycles. The monoisotopic (exact) mass is 454 g/mol. The molecule has 1 saturated carbocycles. The van der Waals surface area contributed by atoms with Crippen LogP contribution < -0.4 is 4.74 Å². The molecule has 1 aromatic heterocycles. The Balaban J connectivity index is 1.62. The average molecular weight is 455 g/mol. The van der Waals surface area contributed by atoms with E-state index in [1.807, 2.05) is 43.3 Å². The summed E-state index contributed by atoms with van der Waals surface area (Å²) in [6, 6.07) is 18.9. The summed E-state index contributed by atoms with van der Waals surface area (Å²) >= 11 is 0. The number of nitrogens with zero attached hydrogens (tertiary/aromatic N) is 2. The van der Waals surface area contributed by atoms with Crippen LogP contribution in [0.25, 0.3) is 16.6 Å². The molecule has 0 saturated heterocycles. The number of benzene rings is 2. The second-order valence-electron chi connectivity index (χ2n) is 9.96. The van der Waals surface area contributed by atoms with Crippen LogP contribution in [0.5, 0.6) is 5.75 Å². The van der Waals surface area contributed by atoms with E-state index in [9.17, 15) is 9.65 Å². The predicted octanol–water partition coefficient (Wildman–Crippen LogP) is 7.89. The third kappa shape index (κ3) is 4.05. The number of rotatable bonds is 6. The van der Waals surface area contributed by atoms with Gasteiger partial charge >= 0.3 is 0 Å². The van der Waals surface area contributed by atoms with Crippen LogP contribution in [0.1, 0.15) is 68.7 Å². The van der Waals surface area contributed by atoms with Crippen LogP contribution >= 0.6 is 0 Å². The van der Waals surface area contributed by atoms with Crippen LogP contribution in [0.15, 0.2) is 66.3 Å². The molecule has 174 valence electrons. The SMILES string of the molecule is CC1=CC(n2c(C(C)C)c([C@H]3C[C@H](C#N)C3)c3cc(OCc4ccccc4)ccc32)=CCC1F. The lowest BCUT2D eigenvalue weighted by molar-refractivity contribution is 0.306. The van der Waals surface area contributed by atoms with E-state index in [0.29, 0.717) is 18.9 Å². The fraction of sp³-hybridized carbons (Fsp3) is 0.367. The molecule has 3 nitrogen and oxygen atoms in total. The van der Waals surface area contributed by atoms with E-state index in [1.165, 1.54) is 16.6 Å². The maximum atomic E-state index is 14.2. The molecule has 0 bridgehead atoms. The number of allylic oxidation sites excluding steroid dienone is 4. The first-order valence-corrected chi connectivity index (χ1v) is 12.2. The van der Waals surface area contributed by atoms with Crippen molar-refractivity contribution in [3.8, 4) is 11.8 Å². The second kappa shape index (κ2) is 9.14. The minimum atomic E-state index is -0.909. The molecule has 1 fully saturated rings. The van der Waals surface area contributed by atoms with Gasteiger partial charge in [0.15, 0.2) is 0 Å². The van der Waals surface area contributed by atoms with E-state index >= 15 is 0 Å². The van der Waals surface area contributed by atoms with Crippen molar-refractivity contribution in [2.45, 2.75) is 64.6 Å². The summed E-state index contributed by atoms with van der Waals surface area (Å²) in [6.07, 6.45) is 5.29. The molecule has 1 heterocycles. The van der Waals surface area contributed by atoms with Gasteiger partial charge in [0.2, 0.25) is 0 Å². The molecular formula is C30H31FN2O. The maximum Gasteiger partial charge on any atom is 0.125 e. The summed E-state index contributed by atoms with van der Waals surface area (Å²) in [5.74, 6) is 1.62. The summed E-state index contributed by atoms with van der Waals surface area (Å²) in [5, 5.41) is 10.6. The molecule has 1 unspecified atom stereocenters. The van der Waals surface area contributed by atoms with Gasteiger partial charge in [-0.05, 0) is 72.6 Å². The highest BCUT2D eigenvalue weighted by Crippen LogP contribution is 2.49. The van der Waals surface area contributed by atoms with Crippen molar-refractivity contribution in [1.82, 2.24) is 4.57 Å². The van der Waals surface area contributed by atoms with Crippen LogP contribution in [0.2, 0.25) is 0 Å². The quantitative estimate of drug-likeness (QED) is 0.380. The summed E-state index contributed by atoms with van der Waals surface area (Å²) in [5.41, 5.74) is 6.67. The first-order valence-electron chi connectivity index (χ1n) is 12.2. The first kappa shape index (κ1) is 22.5. The molecular weight excluding hydrogens is 423 g/mol. The Kier molecular flexibility index (Phi) is 6.04. The topological polar surface area (TPSA) is 38.0 Å². The number of halogens is 1. The minimum Gasteiger partial charge on any atom is -0.489 e. The zero-order valence-corrected chi connectivity index (χ0v) is 20.1. The average Bonchev–Trinajstić information content (AvgIpc) is 3.14. The highest BCUT2D eigenvalue weighted by Gasteiger charge is 2.36. The normalized spacial score (nSPS) is 22.2. The van der Waals surface area contributed by atoms with E-state index in [-0.39, 0.29) is 11.8 Å². The van der Waals surface area contributed by atoms with E-state index in [0.717, 1.165) is 40.9 Å². The summed E-state index contributed by atoms with van der Waals surface area (Å²) in [4.78, 5) is 0. The molecule has 2 aliphatic rings. The molecule has 3 aromatic rings. The van der Waals surface area contributed by atoms with Gasteiger partial charge in [-0.25, -0.2) is 4.39 Å². The standard InChI is InChI=1S/C30H31FN2O/c1-19(2)30-29(23-14-22(15-23)17-32)26-16-25(34-18-21-7-5-4-6-8-21)10-12-28(26)33(30)24-9-11-27(31)20(3)13-24/h4-10,12-13,16,19,22-23,27H,11,14-15,18H2,1-3H3/t22-,23-,27?. The molecule has 0 spiro atoms. The molecule has 2 aliphatic carbocycles. The Morgan fingerprint density at radius 3 is 2.59 bits per heavy atom. The van der Waals surface area contributed by atoms with Gasteiger partial charge in [-0.3, -0.25) is 0 Å². The summed E-state index contributed by atoms with van der Waals surface area (Å²) in [6.45, 7) is 6.83. The van der Waals surface area contributed by atoms with Crippen LogP contribution in [0.3, 0.4) is 0 Å². The van der Waals surface area contributed by atoms with E-state index in [2.05, 4.69) is 48.7 Å². The molecule has 0 N–H and O–H groups in total. The highest BCUT2D eigenvalue weighted by atomic mass is 19.1. The second-order valence-corrected chi connectivity index (χ2v) is 9.96. The predicted molar refractivity (Wildman–Crippen MR) is 135 cm³/mol. The van der Waals surface area contributed by atoms with Crippen LogP contribution in [-0.4, -0.2) is 10.7 Å². The Bertz CT molecular complexity index is 1300. The highest BCUT2D eigenvalue weighted by molar-refractivity contribution is 5.92. The van der Waals surface area contributed by atoms with Gasteiger partial charge in [-0.1, -0.05) is 50.3 Å². The number of aromatic nitrogens is 1. The molecule has 2 aromatic carbocycles. The van der Waals surface area contributed by atoms with Gasteiger partial charge in [0.05, 0.1) is 11.6 Å². The van der Waals surface area contributed by atoms with Gasteiger partial charge in [0.1, 0.15) is 18.5 Å². The third-order valence-electron chi connectivity index (χ3n) is 7.20. The zero-order chi connectivity index (χ0) is 23.8. The Labute approximate surface area is 201 Å². The lowest BCUT2D eigenvalue weighted by Gasteiger charge is -2.32. The number of nitriles is 1. The van der Waals surface area contributed by atoms with Crippen molar-refractivity contribution in [2.75, 3.05) is 0 Å². The van der Waals surface area contributed by atoms with Crippen molar-refractivity contribution in [2.24, 2.45) is 5.92 Å². The Morgan fingerprint density at radius 1 is 1.15 bits per heavy atom. The van der Waals surface area contributed by atoms with Crippen LogP contribution in [0.4, 0.5) is 4.39 Å². The van der Waals surface area contributed by atoms with Crippen molar-refractivity contribution >= 4 is 16.6 Å². The molecule has 1 atom stereocenters. The lowest BCUT2D eigenvalue weighted by atomic mass is 9.70. The van der Waals surface area contributed by atoms with Gasteiger partial charge in [-0.15, -0.1) is 0 Å². The number of hydrogen-bond acceptors (Lipinski definition) is 2.